The third-order valence-electron chi connectivity index (χ3n) is 1.91. The molecule has 0 aliphatic carbocycles. The number of anilines is 1. The fourth-order valence-corrected chi connectivity index (χ4v) is 1.21. The highest BCUT2D eigenvalue weighted by atomic mass is 19.4. The number of carbonyl (C=O) groups excluding carboxylic acids is 1. The third kappa shape index (κ3) is 2.85. The van der Waals surface area contributed by atoms with Gasteiger partial charge in [0.15, 0.2) is 0 Å². The molecule has 0 atom stereocenters. The van der Waals surface area contributed by atoms with Gasteiger partial charge in [0.1, 0.15) is 0 Å². The van der Waals surface area contributed by atoms with Gasteiger partial charge in [0.25, 0.3) is 0 Å². The molecule has 0 aromatic heterocycles. The number of benzene rings is 1. The molecule has 0 unspecified atom stereocenters. The predicted octanol–water partition coefficient (Wildman–Crippen LogP) is 3.31. The summed E-state index contributed by atoms with van der Waals surface area (Å²) in [5.41, 5.74) is -0.248. The summed E-state index contributed by atoms with van der Waals surface area (Å²) >= 11 is 0. The van der Waals surface area contributed by atoms with Crippen LogP contribution in [-0.4, -0.2) is 5.91 Å². The van der Waals surface area contributed by atoms with Crippen LogP contribution in [0.5, 0.6) is 0 Å². The van der Waals surface area contributed by atoms with Gasteiger partial charge in [-0.1, -0.05) is 18.7 Å². The minimum atomic E-state index is -4.42. The molecule has 0 aliphatic heterocycles. The molecule has 1 N–H and O–H groups in total. The van der Waals surface area contributed by atoms with Gasteiger partial charge >= 0.3 is 6.18 Å². The van der Waals surface area contributed by atoms with Crippen molar-refractivity contribution in [3.05, 3.63) is 35.9 Å². The highest BCUT2D eigenvalue weighted by Crippen LogP contribution is 2.32. The largest absolute Gasteiger partial charge is 0.416 e. The van der Waals surface area contributed by atoms with Gasteiger partial charge in [-0.25, -0.2) is 0 Å². The van der Waals surface area contributed by atoms with Gasteiger partial charge < -0.3 is 5.32 Å². The van der Waals surface area contributed by atoms with Crippen molar-refractivity contribution >= 4 is 17.7 Å². The van der Waals surface area contributed by atoms with Gasteiger partial charge in [-0.15, -0.1) is 0 Å². The summed E-state index contributed by atoms with van der Waals surface area (Å²) in [6.45, 7) is 4.69. The number of hydrogen-bond donors (Lipinski definition) is 1. The minimum Gasteiger partial charge on any atom is -0.326 e. The van der Waals surface area contributed by atoms with E-state index in [4.69, 9.17) is 0 Å². The molecule has 0 saturated carbocycles. The van der Waals surface area contributed by atoms with Crippen molar-refractivity contribution in [2.75, 3.05) is 5.32 Å². The Morgan fingerprint density at radius 3 is 2.50 bits per heavy atom. The van der Waals surface area contributed by atoms with Gasteiger partial charge in [-0.2, -0.15) is 13.2 Å². The standard InChI is InChI=1S/C11H10F3NO/c1-3-8-4-5-9(11(12,13)14)6-10(8)15-7(2)16/h3-6H,1H2,2H3,(H,15,16). The molecule has 0 aliphatic rings. The molecule has 1 amide bonds. The van der Waals surface area contributed by atoms with E-state index < -0.39 is 17.6 Å². The van der Waals surface area contributed by atoms with Crippen LogP contribution in [0.3, 0.4) is 0 Å². The average molecular weight is 229 g/mol. The van der Waals surface area contributed by atoms with E-state index in [-0.39, 0.29) is 5.69 Å². The van der Waals surface area contributed by atoms with Crippen LogP contribution in [-0.2, 0) is 11.0 Å². The van der Waals surface area contributed by atoms with E-state index in [1.807, 2.05) is 0 Å². The lowest BCUT2D eigenvalue weighted by Gasteiger charge is -2.11. The molecular formula is C11H10F3NO. The maximum atomic E-state index is 12.4. The van der Waals surface area contributed by atoms with Gasteiger partial charge in [0, 0.05) is 12.6 Å². The molecule has 86 valence electrons. The molecule has 0 bridgehead atoms. The van der Waals surface area contributed by atoms with Crippen molar-refractivity contribution < 1.29 is 18.0 Å². The number of rotatable bonds is 2. The van der Waals surface area contributed by atoms with Crippen LogP contribution in [0.2, 0.25) is 0 Å². The molecule has 5 heteroatoms. The molecule has 2 nitrogen and oxygen atoms in total. The third-order valence-corrected chi connectivity index (χ3v) is 1.91. The average Bonchev–Trinajstić information content (AvgIpc) is 2.15. The van der Waals surface area contributed by atoms with Crippen molar-refractivity contribution in [1.29, 1.82) is 0 Å². The molecule has 16 heavy (non-hydrogen) atoms. The topological polar surface area (TPSA) is 29.1 Å². The van der Waals surface area contributed by atoms with Crippen LogP contribution < -0.4 is 5.32 Å². The Kier molecular flexibility index (Phi) is 3.37. The zero-order valence-electron chi connectivity index (χ0n) is 8.56. The van der Waals surface area contributed by atoms with Crippen molar-refractivity contribution in [3.8, 4) is 0 Å². The Hall–Kier alpha value is -1.78. The van der Waals surface area contributed by atoms with Gasteiger partial charge in [-0.3, -0.25) is 4.79 Å². The summed E-state index contributed by atoms with van der Waals surface area (Å²) in [6.07, 6.45) is -3.04. The Balaban J connectivity index is 3.21. The van der Waals surface area contributed by atoms with Crippen molar-refractivity contribution in [3.63, 3.8) is 0 Å². The lowest BCUT2D eigenvalue weighted by atomic mass is 10.1. The smallest absolute Gasteiger partial charge is 0.326 e. The quantitative estimate of drug-likeness (QED) is 0.828. The van der Waals surface area contributed by atoms with Gasteiger partial charge in [0.05, 0.1) is 5.56 Å². The first kappa shape index (κ1) is 12.3. The molecular weight excluding hydrogens is 219 g/mol. The molecule has 1 aromatic rings. The first-order valence-electron chi connectivity index (χ1n) is 4.46. The first-order chi connectivity index (χ1) is 7.34. The van der Waals surface area contributed by atoms with Crippen molar-refractivity contribution in [1.82, 2.24) is 0 Å². The summed E-state index contributed by atoms with van der Waals surface area (Å²) in [6, 6.07) is 3.10. The highest BCUT2D eigenvalue weighted by molar-refractivity contribution is 5.91. The lowest BCUT2D eigenvalue weighted by molar-refractivity contribution is -0.137. The highest BCUT2D eigenvalue weighted by Gasteiger charge is 2.30. The summed E-state index contributed by atoms with van der Waals surface area (Å²) < 4.78 is 37.2. The maximum absolute atomic E-state index is 12.4. The number of halogens is 3. The van der Waals surface area contributed by atoms with E-state index in [0.717, 1.165) is 12.1 Å². The van der Waals surface area contributed by atoms with Gasteiger partial charge in [0.2, 0.25) is 5.91 Å². The fourth-order valence-electron chi connectivity index (χ4n) is 1.21. The summed E-state index contributed by atoms with van der Waals surface area (Å²) in [4.78, 5) is 10.8. The fraction of sp³-hybridized carbons (Fsp3) is 0.182. The molecule has 0 radical (unpaired) electrons. The second kappa shape index (κ2) is 4.38. The number of alkyl halides is 3. The molecule has 0 heterocycles. The van der Waals surface area contributed by atoms with Crippen LogP contribution in [0.15, 0.2) is 24.8 Å². The van der Waals surface area contributed by atoms with E-state index in [1.165, 1.54) is 19.1 Å². The molecule has 1 rings (SSSR count). The first-order valence-corrected chi connectivity index (χ1v) is 4.46. The Morgan fingerprint density at radius 2 is 2.06 bits per heavy atom. The molecule has 0 saturated heterocycles. The van der Waals surface area contributed by atoms with E-state index >= 15 is 0 Å². The zero-order valence-corrected chi connectivity index (χ0v) is 8.56. The Labute approximate surface area is 90.8 Å². The second-order valence-electron chi connectivity index (χ2n) is 3.19. The van der Waals surface area contributed by atoms with Crippen molar-refractivity contribution in [2.45, 2.75) is 13.1 Å². The molecule has 0 fully saturated rings. The lowest BCUT2D eigenvalue weighted by Crippen LogP contribution is -2.10. The van der Waals surface area contributed by atoms with Gasteiger partial charge in [-0.05, 0) is 17.7 Å². The van der Waals surface area contributed by atoms with Crippen molar-refractivity contribution in [2.24, 2.45) is 0 Å². The Morgan fingerprint density at radius 1 is 1.44 bits per heavy atom. The second-order valence-corrected chi connectivity index (χ2v) is 3.19. The van der Waals surface area contributed by atoms with E-state index in [9.17, 15) is 18.0 Å². The Bertz CT molecular complexity index is 424. The summed E-state index contributed by atoms with van der Waals surface area (Å²) in [5.74, 6) is -0.428. The van der Waals surface area contributed by atoms with E-state index in [0.29, 0.717) is 5.56 Å². The number of nitrogens with one attached hydrogen (secondary N) is 1. The van der Waals surface area contributed by atoms with Crippen LogP contribution in [0, 0.1) is 0 Å². The number of hydrogen-bond acceptors (Lipinski definition) is 1. The SMILES string of the molecule is C=Cc1ccc(C(F)(F)F)cc1NC(C)=O. The van der Waals surface area contributed by atoms with Crippen LogP contribution in [0.1, 0.15) is 18.1 Å². The minimum absolute atomic E-state index is 0.109. The summed E-state index contributed by atoms with van der Waals surface area (Å²) in [7, 11) is 0. The van der Waals surface area contributed by atoms with Crippen LogP contribution >= 0.6 is 0 Å². The van der Waals surface area contributed by atoms with Crippen LogP contribution in [0.4, 0.5) is 18.9 Å². The zero-order chi connectivity index (χ0) is 12.3. The predicted molar refractivity (Wildman–Crippen MR) is 55.8 cm³/mol. The van der Waals surface area contributed by atoms with E-state index in [1.54, 1.807) is 0 Å². The van der Waals surface area contributed by atoms with E-state index in [2.05, 4.69) is 11.9 Å². The normalized spacial score (nSPS) is 11.0. The number of carbonyl (C=O) groups is 1. The van der Waals surface area contributed by atoms with Crippen LogP contribution in [0.25, 0.3) is 6.08 Å². The molecule has 1 aromatic carbocycles. The number of amides is 1. The summed E-state index contributed by atoms with van der Waals surface area (Å²) in [5, 5.41) is 2.33. The molecule has 0 spiro atoms. The maximum Gasteiger partial charge on any atom is 0.416 e. The monoisotopic (exact) mass is 229 g/mol.